The van der Waals surface area contributed by atoms with Crippen LogP contribution in [0, 0.1) is 5.92 Å². The van der Waals surface area contributed by atoms with Gasteiger partial charge in [0.2, 0.25) is 10.0 Å². The van der Waals surface area contributed by atoms with Crippen molar-refractivity contribution in [2.45, 2.75) is 57.3 Å². The zero-order chi connectivity index (χ0) is 14.8. The lowest BCUT2D eigenvalue weighted by molar-refractivity contribution is 0.0259. The van der Waals surface area contributed by atoms with Gasteiger partial charge in [0, 0.05) is 19.1 Å². The standard InChI is InChI=1S/C14H28N2O3S/c1-11-6-7-14(19-11)13(15-2)9-12-5-4-8-16(10-12)20(3,17)18/h11-15H,4-10H2,1-3H3. The summed E-state index contributed by atoms with van der Waals surface area (Å²) in [7, 11) is -1.07. The molecule has 0 amide bonds. The maximum Gasteiger partial charge on any atom is 0.211 e. The van der Waals surface area contributed by atoms with Gasteiger partial charge in [-0.15, -0.1) is 0 Å². The van der Waals surface area contributed by atoms with Crippen molar-refractivity contribution in [3.63, 3.8) is 0 Å². The fourth-order valence-corrected chi connectivity index (χ4v) is 4.41. The van der Waals surface area contributed by atoms with Gasteiger partial charge in [-0.3, -0.25) is 0 Å². The molecule has 0 radical (unpaired) electrons. The first-order valence-corrected chi connectivity index (χ1v) is 9.53. The highest BCUT2D eigenvalue weighted by atomic mass is 32.2. The van der Waals surface area contributed by atoms with Crippen molar-refractivity contribution in [3.8, 4) is 0 Å². The van der Waals surface area contributed by atoms with Crippen LogP contribution in [0.1, 0.15) is 39.0 Å². The molecule has 4 unspecified atom stereocenters. The fourth-order valence-electron chi connectivity index (χ4n) is 3.46. The molecule has 2 aliphatic heterocycles. The van der Waals surface area contributed by atoms with E-state index in [1.165, 1.54) is 6.26 Å². The molecule has 6 heteroatoms. The predicted octanol–water partition coefficient (Wildman–Crippen LogP) is 1.20. The van der Waals surface area contributed by atoms with E-state index in [4.69, 9.17) is 4.74 Å². The zero-order valence-corrected chi connectivity index (χ0v) is 13.7. The van der Waals surface area contributed by atoms with Crippen LogP contribution in [-0.4, -0.2) is 57.4 Å². The molecule has 0 spiro atoms. The minimum atomic E-state index is -3.05. The smallest absolute Gasteiger partial charge is 0.211 e. The Morgan fingerprint density at radius 3 is 2.65 bits per heavy atom. The van der Waals surface area contributed by atoms with Crippen LogP contribution in [-0.2, 0) is 14.8 Å². The van der Waals surface area contributed by atoms with Crippen LogP contribution >= 0.6 is 0 Å². The summed E-state index contributed by atoms with van der Waals surface area (Å²) in [5.41, 5.74) is 0. The summed E-state index contributed by atoms with van der Waals surface area (Å²) in [5.74, 6) is 0.440. The molecular formula is C14H28N2O3S. The van der Waals surface area contributed by atoms with Gasteiger partial charge in [0.15, 0.2) is 0 Å². The quantitative estimate of drug-likeness (QED) is 0.829. The highest BCUT2D eigenvalue weighted by molar-refractivity contribution is 7.88. The minimum Gasteiger partial charge on any atom is -0.374 e. The van der Waals surface area contributed by atoms with Crippen LogP contribution in [0.15, 0.2) is 0 Å². The molecule has 0 saturated carbocycles. The molecule has 0 bridgehead atoms. The molecule has 118 valence electrons. The van der Waals surface area contributed by atoms with E-state index >= 15 is 0 Å². The first kappa shape index (κ1) is 16.2. The third-order valence-corrected chi connectivity index (χ3v) is 5.89. The van der Waals surface area contributed by atoms with Crippen LogP contribution in [0.25, 0.3) is 0 Å². The molecule has 4 atom stereocenters. The van der Waals surface area contributed by atoms with E-state index in [0.29, 0.717) is 31.2 Å². The number of likely N-dealkylation sites (N-methyl/N-ethyl adjacent to an activating group) is 1. The first-order valence-electron chi connectivity index (χ1n) is 7.68. The number of sulfonamides is 1. The van der Waals surface area contributed by atoms with Gasteiger partial charge < -0.3 is 10.1 Å². The number of hydrogen-bond donors (Lipinski definition) is 1. The average molecular weight is 304 g/mol. The number of piperidine rings is 1. The van der Waals surface area contributed by atoms with Crippen molar-refractivity contribution < 1.29 is 13.2 Å². The minimum absolute atomic E-state index is 0.281. The maximum atomic E-state index is 11.7. The Morgan fingerprint density at radius 2 is 2.10 bits per heavy atom. The molecular weight excluding hydrogens is 276 g/mol. The van der Waals surface area contributed by atoms with Gasteiger partial charge in [-0.1, -0.05) is 0 Å². The van der Waals surface area contributed by atoms with Gasteiger partial charge in [-0.05, 0) is 52.0 Å². The third-order valence-electron chi connectivity index (χ3n) is 4.62. The molecule has 20 heavy (non-hydrogen) atoms. The molecule has 5 nitrogen and oxygen atoms in total. The number of nitrogens with zero attached hydrogens (tertiary/aromatic N) is 1. The van der Waals surface area contributed by atoms with Crippen LogP contribution in [0.5, 0.6) is 0 Å². The van der Waals surface area contributed by atoms with E-state index < -0.39 is 10.0 Å². The first-order chi connectivity index (χ1) is 9.40. The van der Waals surface area contributed by atoms with Crippen LogP contribution in [0.3, 0.4) is 0 Å². The van der Waals surface area contributed by atoms with Gasteiger partial charge in [-0.25, -0.2) is 12.7 Å². The molecule has 0 aromatic carbocycles. The Balaban J connectivity index is 1.90. The number of ether oxygens (including phenoxy) is 1. The topological polar surface area (TPSA) is 58.6 Å². The predicted molar refractivity (Wildman–Crippen MR) is 80.2 cm³/mol. The van der Waals surface area contributed by atoms with Gasteiger partial charge in [0.1, 0.15) is 0 Å². The number of nitrogens with one attached hydrogen (secondary N) is 1. The van der Waals surface area contributed by atoms with E-state index in [1.807, 2.05) is 7.05 Å². The zero-order valence-electron chi connectivity index (χ0n) is 12.8. The van der Waals surface area contributed by atoms with Crippen molar-refractivity contribution in [1.29, 1.82) is 0 Å². The highest BCUT2D eigenvalue weighted by Crippen LogP contribution is 2.28. The lowest BCUT2D eigenvalue weighted by Crippen LogP contribution is -2.44. The highest BCUT2D eigenvalue weighted by Gasteiger charge is 2.33. The summed E-state index contributed by atoms with van der Waals surface area (Å²) in [6, 6.07) is 0.337. The monoisotopic (exact) mass is 304 g/mol. The van der Waals surface area contributed by atoms with E-state index in [9.17, 15) is 8.42 Å². The molecule has 2 aliphatic rings. The normalized spacial score (nSPS) is 34.2. The van der Waals surface area contributed by atoms with Crippen molar-refractivity contribution >= 4 is 10.0 Å². The summed E-state index contributed by atoms with van der Waals surface area (Å²) in [6.45, 7) is 3.47. The van der Waals surface area contributed by atoms with Crippen LogP contribution in [0.4, 0.5) is 0 Å². The van der Waals surface area contributed by atoms with E-state index in [2.05, 4.69) is 12.2 Å². The molecule has 2 fully saturated rings. The molecule has 0 aromatic rings. The molecule has 1 N–H and O–H groups in total. The Bertz CT molecular complexity index is 413. The van der Waals surface area contributed by atoms with Gasteiger partial charge in [-0.2, -0.15) is 0 Å². The number of hydrogen-bond acceptors (Lipinski definition) is 4. The van der Waals surface area contributed by atoms with E-state index in [0.717, 1.165) is 32.1 Å². The molecule has 0 aromatic heterocycles. The van der Waals surface area contributed by atoms with Crippen molar-refractivity contribution in [2.24, 2.45) is 5.92 Å². The second-order valence-corrected chi connectivity index (χ2v) is 8.31. The third kappa shape index (κ3) is 4.16. The Labute approximate surface area is 123 Å². The maximum absolute atomic E-state index is 11.7. The summed E-state index contributed by atoms with van der Waals surface area (Å²) >= 11 is 0. The lowest BCUT2D eigenvalue weighted by atomic mass is 9.89. The molecule has 0 aliphatic carbocycles. The summed E-state index contributed by atoms with van der Waals surface area (Å²) in [5, 5.41) is 3.37. The van der Waals surface area contributed by atoms with Crippen molar-refractivity contribution in [1.82, 2.24) is 9.62 Å². The summed E-state index contributed by atoms with van der Waals surface area (Å²) in [4.78, 5) is 0. The summed E-state index contributed by atoms with van der Waals surface area (Å²) < 4.78 is 30.9. The average Bonchev–Trinajstić information content (AvgIpc) is 2.82. The Kier molecular flexibility index (Phi) is 5.45. The summed E-state index contributed by atoms with van der Waals surface area (Å²) in [6.07, 6.45) is 7.27. The van der Waals surface area contributed by atoms with E-state index in [-0.39, 0.29) is 6.10 Å². The second kappa shape index (κ2) is 6.73. The molecule has 2 heterocycles. The van der Waals surface area contributed by atoms with Gasteiger partial charge in [0.25, 0.3) is 0 Å². The van der Waals surface area contributed by atoms with Gasteiger partial charge in [0.05, 0.1) is 18.5 Å². The van der Waals surface area contributed by atoms with E-state index in [1.54, 1.807) is 4.31 Å². The largest absolute Gasteiger partial charge is 0.374 e. The van der Waals surface area contributed by atoms with Crippen LogP contribution in [0.2, 0.25) is 0 Å². The molecule has 2 rings (SSSR count). The van der Waals surface area contributed by atoms with Crippen LogP contribution < -0.4 is 5.32 Å². The second-order valence-electron chi connectivity index (χ2n) is 6.32. The molecule has 2 saturated heterocycles. The Hall–Kier alpha value is -0.170. The van der Waals surface area contributed by atoms with Gasteiger partial charge >= 0.3 is 0 Å². The SMILES string of the molecule is CNC(CC1CCCN(S(C)(=O)=O)C1)C1CCC(C)O1. The lowest BCUT2D eigenvalue weighted by Gasteiger charge is -2.34. The fraction of sp³-hybridized carbons (Fsp3) is 1.00. The van der Waals surface area contributed by atoms with Crippen molar-refractivity contribution in [2.75, 3.05) is 26.4 Å². The number of rotatable bonds is 5. The Morgan fingerprint density at radius 1 is 1.35 bits per heavy atom. The van der Waals surface area contributed by atoms with Crippen molar-refractivity contribution in [3.05, 3.63) is 0 Å².